The summed E-state index contributed by atoms with van der Waals surface area (Å²) in [4.78, 5) is 12.7. The number of nitrogens with zero attached hydrogens (tertiary/aromatic N) is 1. The molecule has 3 N–H and O–H groups in total. The number of hydrogen-bond acceptors (Lipinski definition) is 4. The maximum atomic E-state index is 10.3. The van der Waals surface area contributed by atoms with Crippen molar-refractivity contribution >= 4 is 5.97 Å². The highest BCUT2D eigenvalue weighted by Gasteiger charge is 2.19. The summed E-state index contributed by atoms with van der Waals surface area (Å²) in [7, 11) is 0. The Morgan fingerprint density at radius 2 is 2.13 bits per heavy atom. The molecule has 15 heavy (non-hydrogen) atoms. The second kappa shape index (κ2) is 6.76. The number of carbonyl (C=O) groups is 1. The van der Waals surface area contributed by atoms with Crippen LogP contribution in [0, 0.1) is 0 Å². The van der Waals surface area contributed by atoms with E-state index in [0.717, 1.165) is 45.4 Å². The third kappa shape index (κ3) is 5.11. The molecule has 88 valence electrons. The Labute approximate surface area is 90.2 Å². The molecule has 1 aliphatic rings. The number of ether oxygens (including phenoxy) is 1. The average Bonchev–Trinajstić information content (AvgIpc) is 2.25. The lowest BCUT2D eigenvalue weighted by molar-refractivity contribution is -0.145. The summed E-state index contributed by atoms with van der Waals surface area (Å²) in [5.74, 6) is -0.888. The molecule has 0 radical (unpaired) electrons. The van der Waals surface area contributed by atoms with Crippen LogP contribution < -0.4 is 5.73 Å². The zero-order chi connectivity index (χ0) is 11.1. The Morgan fingerprint density at radius 1 is 1.47 bits per heavy atom. The summed E-state index contributed by atoms with van der Waals surface area (Å²) in [6.45, 7) is 3.58. The molecule has 0 aromatic heterocycles. The van der Waals surface area contributed by atoms with E-state index in [9.17, 15) is 4.79 Å². The van der Waals surface area contributed by atoms with Gasteiger partial charge >= 0.3 is 5.97 Å². The Hall–Kier alpha value is -0.650. The molecule has 0 unspecified atom stereocenters. The quantitative estimate of drug-likeness (QED) is 0.648. The fourth-order valence-corrected chi connectivity index (χ4v) is 1.80. The molecule has 0 aromatic carbocycles. The molecule has 0 saturated carbocycles. The van der Waals surface area contributed by atoms with E-state index in [2.05, 4.69) is 4.90 Å². The number of likely N-dealkylation sites (tertiary alicyclic amines) is 1. The van der Waals surface area contributed by atoms with Crippen LogP contribution in [0.5, 0.6) is 0 Å². The molecule has 1 rings (SSSR count). The number of carboxylic acid groups (broad SMARTS) is 1. The number of hydrogen-bond donors (Lipinski definition) is 2. The Kier molecular flexibility index (Phi) is 5.60. The number of carboxylic acids is 1. The van der Waals surface area contributed by atoms with Gasteiger partial charge < -0.3 is 20.5 Å². The molecule has 0 aliphatic carbocycles. The highest BCUT2D eigenvalue weighted by atomic mass is 16.5. The topological polar surface area (TPSA) is 75.8 Å². The Bertz CT molecular complexity index is 191. The minimum absolute atomic E-state index is 0.121. The number of piperidine rings is 1. The summed E-state index contributed by atoms with van der Waals surface area (Å²) in [5, 5.41) is 8.46. The van der Waals surface area contributed by atoms with Gasteiger partial charge in [-0.2, -0.15) is 0 Å². The van der Waals surface area contributed by atoms with Crippen LogP contribution in [0.25, 0.3) is 0 Å². The van der Waals surface area contributed by atoms with E-state index in [-0.39, 0.29) is 12.7 Å². The van der Waals surface area contributed by atoms with Gasteiger partial charge in [-0.05, 0) is 32.4 Å². The molecule has 0 amide bonds. The van der Waals surface area contributed by atoms with Crippen LogP contribution in [0.3, 0.4) is 0 Å². The normalized spacial score (nSPS) is 19.3. The van der Waals surface area contributed by atoms with Gasteiger partial charge in [0.1, 0.15) is 6.61 Å². The van der Waals surface area contributed by atoms with Gasteiger partial charge in [0.25, 0.3) is 0 Å². The Morgan fingerprint density at radius 3 is 2.67 bits per heavy atom. The highest BCUT2D eigenvalue weighted by Crippen LogP contribution is 2.13. The lowest BCUT2D eigenvalue weighted by Gasteiger charge is -2.31. The minimum atomic E-state index is -0.888. The van der Waals surface area contributed by atoms with Gasteiger partial charge in [-0.25, -0.2) is 4.79 Å². The van der Waals surface area contributed by atoms with E-state index in [1.165, 1.54) is 0 Å². The van der Waals surface area contributed by atoms with Crippen molar-refractivity contribution in [3.8, 4) is 0 Å². The van der Waals surface area contributed by atoms with Gasteiger partial charge in [-0.15, -0.1) is 0 Å². The monoisotopic (exact) mass is 216 g/mol. The molecule has 0 spiro atoms. The maximum absolute atomic E-state index is 10.3. The van der Waals surface area contributed by atoms with Crippen molar-refractivity contribution in [3.63, 3.8) is 0 Å². The summed E-state index contributed by atoms with van der Waals surface area (Å²) in [6.07, 6.45) is 3.01. The van der Waals surface area contributed by atoms with Gasteiger partial charge in [-0.3, -0.25) is 0 Å². The van der Waals surface area contributed by atoms with Crippen molar-refractivity contribution < 1.29 is 14.6 Å². The van der Waals surface area contributed by atoms with Crippen molar-refractivity contribution in [3.05, 3.63) is 0 Å². The standard InChI is InChI=1S/C10H20N2O3/c11-4-1-5-12-6-2-9(3-7-12)15-8-10(13)14/h9H,1-8,11H2,(H,13,14). The first-order valence-electron chi connectivity index (χ1n) is 5.48. The van der Waals surface area contributed by atoms with Crippen molar-refractivity contribution in [2.24, 2.45) is 5.73 Å². The van der Waals surface area contributed by atoms with Gasteiger partial charge in [0, 0.05) is 13.1 Å². The van der Waals surface area contributed by atoms with Crippen LogP contribution in [0.4, 0.5) is 0 Å². The van der Waals surface area contributed by atoms with Gasteiger partial charge in [0.05, 0.1) is 6.10 Å². The predicted octanol–water partition coefficient (Wildman–Crippen LogP) is -0.0992. The zero-order valence-electron chi connectivity index (χ0n) is 9.02. The number of rotatable bonds is 6. The van der Waals surface area contributed by atoms with Crippen molar-refractivity contribution in [2.45, 2.75) is 25.4 Å². The first-order chi connectivity index (χ1) is 7.22. The third-order valence-corrected chi connectivity index (χ3v) is 2.66. The predicted molar refractivity (Wildman–Crippen MR) is 56.7 cm³/mol. The largest absolute Gasteiger partial charge is 0.480 e. The molecule has 0 atom stereocenters. The number of nitrogens with two attached hydrogens (primary N) is 1. The molecule has 5 nitrogen and oxygen atoms in total. The van der Waals surface area contributed by atoms with Crippen LogP contribution in [-0.2, 0) is 9.53 Å². The van der Waals surface area contributed by atoms with Crippen molar-refractivity contribution in [1.29, 1.82) is 0 Å². The lowest BCUT2D eigenvalue weighted by Crippen LogP contribution is -2.38. The second-order valence-corrected chi connectivity index (χ2v) is 3.89. The molecule has 1 aliphatic heterocycles. The fourth-order valence-electron chi connectivity index (χ4n) is 1.80. The van der Waals surface area contributed by atoms with Gasteiger partial charge in [-0.1, -0.05) is 0 Å². The van der Waals surface area contributed by atoms with E-state index in [4.69, 9.17) is 15.6 Å². The van der Waals surface area contributed by atoms with Crippen LogP contribution >= 0.6 is 0 Å². The first-order valence-corrected chi connectivity index (χ1v) is 5.48. The Balaban J connectivity index is 2.09. The molecule has 1 heterocycles. The molecule has 1 fully saturated rings. The molecule has 0 bridgehead atoms. The molecule has 1 saturated heterocycles. The van der Waals surface area contributed by atoms with Crippen LogP contribution in [0.1, 0.15) is 19.3 Å². The van der Waals surface area contributed by atoms with E-state index in [0.29, 0.717) is 0 Å². The molecule has 0 aromatic rings. The van der Waals surface area contributed by atoms with Crippen LogP contribution in [-0.4, -0.2) is 54.9 Å². The summed E-state index contributed by atoms with van der Waals surface area (Å²) >= 11 is 0. The lowest BCUT2D eigenvalue weighted by atomic mass is 10.1. The average molecular weight is 216 g/mol. The molecular formula is C10H20N2O3. The SMILES string of the molecule is NCCCN1CCC(OCC(=O)O)CC1. The highest BCUT2D eigenvalue weighted by molar-refractivity contribution is 5.68. The summed E-state index contributed by atoms with van der Waals surface area (Å²) in [6, 6.07) is 0. The summed E-state index contributed by atoms with van der Waals surface area (Å²) < 4.78 is 5.25. The van der Waals surface area contributed by atoms with Crippen LogP contribution in [0.15, 0.2) is 0 Å². The van der Waals surface area contributed by atoms with Crippen LogP contribution in [0.2, 0.25) is 0 Å². The van der Waals surface area contributed by atoms with Crippen molar-refractivity contribution in [1.82, 2.24) is 4.90 Å². The minimum Gasteiger partial charge on any atom is -0.480 e. The molecule has 5 heteroatoms. The number of aliphatic carboxylic acids is 1. The van der Waals surface area contributed by atoms with E-state index in [1.807, 2.05) is 0 Å². The van der Waals surface area contributed by atoms with E-state index < -0.39 is 5.97 Å². The zero-order valence-corrected chi connectivity index (χ0v) is 9.02. The van der Waals surface area contributed by atoms with E-state index in [1.54, 1.807) is 0 Å². The smallest absolute Gasteiger partial charge is 0.329 e. The fraction of sp³-hybridized carbons (Fsp3) is 0.900. The maximum Gasteiger partial charge on any atom is 0.329 e. The van der Waals surface area contributed by atoms with Crippen molar-refractivity contribution in [2.75, 3.05) is 32.8 Å². The second-order valence-electron chi connectivity index (χ2n) is 3.89. The third-order valence-electron chi connectivity index (χ3n) is 2.66. The van der Waals surface area contributed by atoms with E-state index >= 15 is 0 Å². The van der Waals surface area contributed by atoms with Gasteiger partial charge in [0.15, 0.2) is 0 Å². The first kappa shape index (κ1) is 12.4. The van der Waals surface area contributed by atoms with Gasteiger partial charge in [0.2, 0.25) is 0 Å². The summed E-state index contributed by atoms with van der Waals surface area (Å²) in [5.41, 5.74) is 5.44. The molecular weight excluding hydrogens is 196 g/mol.